The Hall–Kier alpha value is -1.82. The standard InChI is InChI=1S/C12H15ClN4O2/c1-2-5-17-12(19)11(13)9(6-15-17)14-7-10(18)16-8-3-4-8/h2,6,8,14H,1,3-5,7H2,(H,16,18). The number of rotatable bonds is 6. The van der Waals surface area contributed by atoms with Crippen LogP contribution in [0.5, 0.6) is 0 Å². The lowest BCUT2D eigenvalue weighted by Gasteiger charge is -2.09. The summed E-state index contributed by atoms with van der Waals surface area (Å²) in [5, 5.41) is 9.60. The fraction of sp³-hybridized carbons (Fsp3) is 0.417. The first-order valence-corrected chi connectivity index (χ1v) is 6.39. The molecule has 19 heavy (non-hydrogen) atoms. The van der Waals surface area contributed by atoms with Gasteiger partial charge in [0.1, 0.15) is 5.02 Å². The zero-order valence-corrected chi connectivity index (χ0v) is 11.1. The Morgan fingerprint density at radius 3 is 3.00 bits per heavy atom. The summed E-state index contributed by atoms with van der Waals surface area (Å²) in [5.41, 5.74) is -0.0490. The molecule has 0 spiro atoms. The van der Waals surface area contributed by atoms with E-state index in [9.17, 15) is 9.59 Å². The first-order chi connectivity index (χ1) is 9.11. The number of aromatic nitrogens is 2. The minimum atomic E-state index is -0.408. The smallest absolute Gasteiger partial charge is 0.287 e. The highest BCUT2D eigenvalue weighted by atomic mass is 35.5. The molecule has 102 valence electrons. The Morgan fingerprint density at radius 1 is 1.63 bits per heavy atom. The number of allylic oxidation sites excluding steroid dienone is 1. The molecule has 6 nitrogen and oxygen atoms in total. The molecule has 1 aliphatic rings. The van der Waals surface area contributed by atoms with Crippen LogP contribution in [0.3, 0.4) is 0 Å². The lowest BCUT2D eigenvalue weighted by Crippen LogP contribution is -2.32. The molecule has 1 saturated carbocycles. The molecule has 2 N–H and O–H groups in total. The van der Waals surface area contributed by atoms with Crippen LogP contribution in [0.25, 0.3) is 0 Å². The predicted molar refractivity (Wildman–Crippen MR) is 73.4 cm³/mol. The second kappa shape index (κ2) is 5.88. The number of nitrogens with one attached hydrogen (secondary N) is 2. The van der Waals surface area contributed by atoms with E-state index in [1.807, 2.05) is 0 Å². The highest BCUT2D eigenvalue weighted by Gasteiger charge is 2.23. The second-order valence-corrected chi connectivity index (χ2v) is 4.72. The normalized spacial score (nSPS) is 13.9. The van der Waals surface area contributed by atoms with Gasteiger partial charge in [-0.1, -0.05) is 17.7 Å². The first-order valence-electron chi connectivity index (χ1n) is 6.01. The quantitative estimate of drug-likeness (QED) is 0.756. The maximum Gasteiger partial charge on any atom is 0.287 e. The van der Waals surface area contributed by atoms with Crippen molar-refractivity contribution in [1.29, 1.82) is 0 Å². The van der Waals surface area contributed by atoms with E-state index in [0.717, 1.165) is 12.8 Å². The van der Waals surface area contributed by atoms with E-state index in [4.69, 9.17) is 11.6 Å². The van der Waals surface area contributed by atoms with E-state index in [1.54, 1.807) is 6.08 Å². The van der Waals surface area contributed by atoms with Crippen molar-refractivity contribution in [3.05, 3.63) is 34.2 Å². The van der Waals surface area contributed by atoms with Gasteiger partial charge in [0.15, 0.2) is 0 Å². The molecule has 0 unspecified atom stereocenters. The van der Waals surface area contributed by atoms with Crippen LogP contribution < -0.4 is 16.2 Å². The van der Waals surface area contributed by atoms with Gasteiger partial charge in [0.2, 0.25) is 5.91 Å². The van der Waals surface area contributed by atoms with Gasteiger partial charge >= 0.3 is 0 Å². The van der Waals surface area contributed by atoms with Crippen LogP contribution in [0.4, 0.5) is 5.69 Å². The van der Waals surface area contributed by atoms with Crippen molar-refractivity contribution in [3.63, 3.8) is 0 Å². The molecule has 0 aromatic carbocycles. The zero-order chi connectivity index (χ0) is 13.8. The van der Waals surface area contributed by atoms with Gasteiger partial charge in [0, 0.05) is 6.04 Å². The Morgan fingerprint density at radius 2 is 2.37 bits per heavy atom. The van der Waals surface area contributed by atoms with Crippen molar-refractivity contribution in [2.75, 3.05) is 11.9 Å². The molecule has 1 aromatic heterocycles. The average Bonchev–Trinajstić information content (AvgIpc) is 3.18. The average molecular weight is 283 g/mol. The van der Waals surface area contributed by atoms with Gasteiger partial charge in [0.05, 0.1) is 25.0 Å². The van der Waals surface area contributed by atoms with Crippen LogP contribution in [-0.2, 0) is 11.3 Å². The number of hydrogen-bond donors (Lipinski definition) is 2. The molecule has 7 heteroatoms. The number of nitrogens with zero attached hydrogens (tertiary/aromatic N) is 2. The van der Waals surface area contributed by atoms with Crippen molar-refractivity contribution in [2.24, 2.45) is 0 Å². The molecule has 1 amide bonds. The van der Waals surface area contributed by atoms with Gasteiger partial charge in [-0.15, -0.1) is 6.58 Å². The summed E-state index contributed by atoms with van der Waals surface area (Å²) >= 11 is 5.93. The van der Waals surface area contributed by atoms with E-state index >= 15 is 0 Å². The molecule has 0 bridgehead atoms. The molecular formula is C12H15ClN4O2. The molecule has 1 aromatic rings. The van der Waals surface area contributed by atoms with Crippen LogP contribution in [-0.4, -0.2) is 28.3 Å². The zero-order valence-electron chi connectivity index (χ0n) is 10.4. The maximum absolute atomic E-state index is 11.8. The van der Waals surface area contributed by atoms with E-state index in [-0.39, 0.29) is 17.5 Å². The van der Waals surface area contributed by atoms with E-state index in [1.165, 1.54) is 10.9 Å². The number of anilines is 1. The summed E-state index contributed by atoms with van der Waals surface area (Å²) in [5.74, 6) is -0.117. The van der Waals surface area contributed by atoms with Gasteiger partial charge in [-0.2, -0.15) is 5.10 Å². The summed E-state index contributed by atoms with van der Waals surface area (Å²) in [6.07, 6.45) is 5.05. The largest absolute Gasteiger partial charge is 0.373 e. The molecule has 1 heterocycles. The fourth-order valence-electron chi connectivity index (χ4n) is 1.52. The minimum absolute atomic E-state index is 0.0241. The second-order valence-electron chi connectivity index (χ2n) is 4.34. The first kappa shape index (κ1) is 13.6. The van der Waals surface area contributed by atoms with E-state index < -0.39 is 5.56 Å². The predicted octanol–water partition coefficient (Wildman–Crippen LogP) is 0.773. The minimum Gasteiger partial charge on any atom is -0.373 e. The summed E-state index contributed by atoms with van der Waals surface area (Å²) in [6.45, 7) is 3.90. The van der Waals surface area contributed by atoms with Crippen molar-refractivity contribution < 1.29 is 4.79 Å². The topological polar surface area (TPSA) is 76.0 Å². The third-order valence-electron chi connectivity index (χ3n) is 2.67. The van der Waals surface area contributed by atoms with Crippen LogP contribution in [0.1, 0.15) is 12.8 Å². The van der Waals surface area contributed by atoms with E-state index in [0.29, 0.717) is 18.3 Å². The van der Waals surface area contributed by atoms with Gasteiger partial charge in [-0.25, -0.2) is 4.68 Å². The number of carbonyl (C=O) groups excluding carboxylic acids is 1. The Bertz CT molecular complexity index is 551. The van der Waals surface area contributed by atoms with Gasteiger partial charge in [0.25, 0.3) is 5.56 Å². The molecular weight excluding hydrogens is 268 g/mol. The van der Waals surface area contributed by atoms with Crippen molar-refractivity contribution in [2.45, 2.75) is 25.4 Å². The van der Waals surface area contributed by atoms with Crippen LogP contribution >= 0.6 is 11.6 Å². The third-order valence-corrected chi connectivity index (χ3v) is 3.03. The fourth-order valence-corrected chi connectivity index (χ4v) is 1.74. The summed E-state index contributed by atoms with van der Waals surface area (Å²) in [7, 11) is 0. The number of amides is 1. The van der Waals surface area contributed by atoms with Crippen molar-refractivity contribution in [1.82, 2.24) is 15.1 Å². The molecule has 0 saturated heterocycles. The molecule has 0 aliphatic heterocycles. The Labute approximate surface area is 115 Å². The molecule has 1 aliphatic carbocycles. The summed E-state index contributed by atoms with van der Waals surface area (Å²) in [6, 6.07) is 0.309. The molecule has 0 atom stereocenters. The maximum atomic E-state index is 11.8. The number of carbonyl (C=O) groups is 1. The lowest BCUT2D eigenvalue weighted by molar-refractivity contribution is -0.119. The highest BCUT2D eigenvalue weighted by molar-refractivity contribution is 6.33. The molecule has 1 fully saturated rings. The monoisotopic (exact) mass is 282 g/mol. The summed E-state index contributed by atoms with van der Waals surface area (Å²) in [4.78, 5) is 23.3. The van der Waals surface area contributed by atoms with Gasteiger partial charge in [-0.3, -0.25) is 9.59 Å². The highest BCUT2D eigenvalue weighted by Crippen LogP contribution is 2.18. The molecule has 2 rings (SSSR count). The van der Waals surface area contributed by atoms with Crippen LogP contribution in [0, 0.1) is 0 Å². The lowest BCUT2D eigenvalue weighted by atomic mass is 10.4. The Kier molecular flexibility index (Phi) is 4.21. The SMILES string of the molecule is C=CCn1ncc(NCC(=O)NC2CC2)c(Cl)c1=O. The molecule has 0 radical (unpaired) electrons. The Balaban J connectivity index is 1.99. The third kappa shape index (κ3) is 3.57. The van der Waals surface area contributed by atoms with Crippen LogP contribution in [0.15, 0.2) is 23.6 Å². The van der Waals surface area contributed by atoms with E-state index in [2.05, 4.69) is 22.3 Å². The van der Waals surface area contributed by atoms with Gasteiger partial charge < -0.3 is 10.6 Å². The summed E-state index contributed by atoms with van der Waals surface area (Å²) < 4.78 is 1.20. The van der Waals surface area contributed by atoms with Crippen molar-refractivity contribution in [3.8, 4) is 0 Å². The number of halogens is 1. The van der Waals surface area contributed by atoms with Gasteiger partial charge in [-0.05, 0) is 12.8 Å². The van der Waals surface area contributed by atoms with Crippen LogP contribution in [0.2, 0.25) is 5.02 Å². The number of hydrogen-bond acceptors (Lipinski definition) is 4. The van der Waals surface area contributed by atoms with Crippen molar-refractivity contribution >= 4 is 23.2 Å².